The summed E-state index contributed by atoms with van der Waals surface area (Å²) < 4.78 is 0. The van der Waals surface area contributed by atoms with Crippen molar-refractivity contribution in [1.82, 2.24) is 10.2 Å². The van der Waals surface area contributed by atoms with E-state index in [1.165, 1.54) is 71.0 Å². The zero-order valence-electron chi connectivity index (χ0n) is 12.9. The number of hydrogen-bond donors (Lipinski definition) is 1. The van der Waals surface area contributed by atoms with Crippen LogP contribution < -0.4 is 5.32 Å². The smallest absolute Gasteiger partial charge is 0.00695 e. The number of hydrogen-bond acceptors (Lipinski definition) is 2. The fourth-order valence-electron chi connectivity index (χ4n) is 3.09. The van der Waals surface area contributed by atoms with E-state index in [1.807, 2.05) is 0 Å². The van der Waals surface area contributed by atoms with Gasteiger partial charge in [0.15, 0.2) is 0 Å². The highest BCUT2D eigenvalue weighted by Gasteiger charge is 2.14. The Kier molecular flexibility index (Phi) is 8.70. The largest absolute Gasteiger partial charge is 0.312 e. The fourth-order valence-corrected chi connectivity index (χ4v) is 3.09. The van der Waals surface area contributed by atoms with Gasteiger partial charge in [-0.3, -0.25) is 0 Å². The first-order valence-electron chi connectivity index (χ1n) is 8.24. The molecule has 1 N–H and O–H groups in total. The first-order chi connectivity index (χ1) is 8.76. The van der Waals surface area contributed by atoms with Gasteiger partial charge in [-0.15, -0.1) is 0 Å². The lowest BCUT2D eigenvalue weighted by molar-refractivity contribution is 0.286. The molecule has 1 atom stereocenters. The van der Waals surface area contributed by atoms with Crippen LogP contribution in [0.1, 0.15) is 72.1 Å². The second-order valence-corrected chi connectivity index (χ2v) is 5.93. The third-order valence-corrected chi connectivity index (χ3v) is 4.38. The normalized spacial score (nSPS) is 20.0. The SMILES string of the molecule is CCN(CC)CCCC(C)NC1CCCCCC1. The molecule has 0 spiro atoms. The number of rotatable bonds is 8. The van der Waals surface area contributed by atoms with Gasteiger partial charge in [0.25, 0.3) is 0 Å². The molecule has 0 amide bonds. The zero-order valence-corrected chi connectivity index (χ0v) is 12.9. The molecule has 0 aromatic carbocycles. The van der Waals surface area contributed by atoms with E-state index >= 15 is 0 Å². The van der Waals surface area contributed by atoms with Crippen molar-refractivity contribution < 1.29 is 0 Å². The van der Waals surface area contributed by atoms with Crippen LogP contribution in [-0.4, -0.2) is 36.6 Å². The van der Waals surface area contributed by atoms with Crippen LogP contribution in [0.3, 0.4) is 0 Å². The number of nitrogens with one attached hydrogen (secondary N) is 1. The highest BCUT2D eigenvalue weighted by molar-refractivity contribution is 4.74. The molecule has 1 unspecified atom stereocenters. The van der Waals surface area contributed by atoms with Gasteiger partial charge < -0.3 is 10.2 Å². The second-order valence-electron chi connectivity index (χ2n) is 5.93. The Bertz CT molecular complexity index is 182. The predicted molar refractivity (Wildman–Crippen MR) is 81.1 cm³/mol. The van der Waals surface area contributed by atoms with Gasteiger partial charge in [0.2, 0.25) is 0 Å². The molecule has 0 bridgehead atoms. The Morgan fingerprint density at radius 2 is 1.67 bits per heavy atom. The van der Waals surface area contributed by atoms with Gasteiger partial charge in [-0.05, 0) is 52.2 Å². The summed E-state index contributed by atoms with van der Waals surface area (Å²) in [4.78, 5) is 2.53. The molecule has 1 saturated carbocycles. The molecular formula is C16H34N2. The van der Waals surface area contributed by atoms with Crippen LogP contribution in [0.25, 0.3) is 0 Å². The van der Waals surface area contributed by atoms with Crippen molar-refractivity contribution in [3.63, 3.8) is 0 Å². The minimum atomic E-state index is 0.698. The van der Waals surface area contributed by atoms with Crippen LogP contribution in [0.2, 0.25) is 0 Å². The van der Waals surface area contributed by atoms with Crippen molar-refractivity contribution in [2.45, 2.75) is 84.2 Å². The Morgan fingerprint density at radius 1 is 1.06 bits per heavy atom. The highest BCUT2D eigenvalue weighted by atomic mass is 15.1. The summed E-state index contributed by atoms with van der Waals surface area (Å²) >= 11 is 0. The van der Waals surface area contributed by atoms with E-state index in [2.05, 4.69) is 31.0 Å². The van der Waals surface area contributed by atoms with Gasteiger partial charge in [-0.2, -0.15) is 0 Å². The van der Waals surface area contributed by atoms with Gasteiger partial charge in [0.05, 0.1) is 0 Å². The van der Waals surface area contributed by atoms with Crippen LogP contribution >= 0.6 is 0 Å². The summed E-state index contributed by atoms with van der Waals surface area (Å²) in [7, 11) is 0. The first-order valence-corrected chi connectivity index (χ1v) is 8.24. The lowest BCUT2D eigenvalue weighted by Gasteiger charge is -2.23. The fraction of sp³-hybridized carbons (Fsp3) is 1.00. The van der Waals surface area contributed by atoms with Crippen molar-refractivity contribution in [2.75, 3.05) is 19.6 Å². The minimum Gasteiger partial charge on any atom is -0.312 e. The van der Waals surface area contributed by atoms with Crippen LogP contribution in [-0.2, 0) is 0 Å². The average Bonchev–Trinajstić information content (AvgIpc) is 2.63. The van der Waals surface area contributed by atoms with E-state index < -0.39 is 0 Å². The third kappa shape index (κ3) is 6.75. The maximum Gasteiger partial charge on any atom is 0.00695 e. The molecule has 1 rings (SSSR count). The van der Waals surface area contributed by atoms with Crippen LogP contribution in [0.4, 0.5) is 0 Å². The molecule has 1 aliphatic rings. The standard InChI is InChI=1S/C16H34N2/c1-4-18(5-2)14-10-11-15(3)17-16-12-8-6-7-9-13-16/h15-17H,4-14H2,1-3H3. The Hall–Kier alpha value is -0.0800. The lowest BCUT2D eigenvalue weighted by Crippen LogP contribution is -2.36. The van der Waals surface area contributed by atoms with Crippen molar-refractivity contribution in [1.29, 1.82) is 0 Å². The van der Waals surface area contributed by atoms with Crippen LogP contribution in [0.5, 0.6) is 0 Å². The van der Waals surface area contributed by atoms with E-state index in [9.17, 15) is 0 Å². The van der Waals surface area contributed by atoms with Crippen molar-refractivity contribution in [3.8, 4) is 0 Å². The number of nitrogens with zero attached hydrogens (tertiary/aromatic N) is 1. The molecule has 1 fully saturated rings. The van der Waals surface area contributed by atoms with Crippen molar-refractivity contribution in [3.05, 3.63) is 0 Å². The highest BCUT2D eigenvalue weighted by Crippen LogP contribution is 2.18. The Balaban J connectivity index is 2.10. The molecule has 0 aliphatic heterocycles. The maximum atomic E-state index is 3.85. The molecule has 2 nitrogen and oxygen atoms in total. The topological polar surface area (TPSA) is 15.3 Å². The molecule has 0 aromatic rings. The molecule has 2 heteroatoms. The molecule has 18 heavy (non-hydrogen) atoms. The molecule has 1 aliphatic carbocycles. The van der Waals surface area contributed by atoms with Gasteiger partial charge >= 0.3 is 0 Å². The molecule has 0 radical (unpaired) electrons. The summed E-state index contributed by atoms with van der Waals surface area (Å²) in [6.07, 6.45) is 11.2. The Morgan fingerprint density at radius 3 is 2.22 bits per heavy atom. The van der Waals surface area contributed by atoms with E-state index in [4.69, 9.17) is 0 Å². The van der Waals surface area contributed by atoms with Gasteiger partial charge in [-0.1, -0.05) is 39.5 Å². The van der Waals surface area contributed by atoms with Crippen LogP contribution in [0, 0.1) is 0 Å². The Labute approximate surface area is 115 Å². The van der Waals surface area contributed by atoms with E-state index in [1.54, 1.807) is 0 Å². The van der Waals surface area contributed by atoms with E-state index in [-0.39, 0.29) is 0 Å². The van der Waals surface area contributed by atoms with E-state index in [0.29, 0.717) is 6.04 Å². The molecule has 0 heterocycles. The van der Waals surface area contributed by atoms with Crippen LogP contribution in [0.15, 0.2) is 0 Å². The quantitative estimate of drug-likeness (QED) is 0.663. The summed E-state index contributed by atoms with van der Waals surface area (Å²) in [5.74, 6) is 0. The van der Waals surface area contributed by atoms with Gasteiger partial charge in [0, 0.05) is 12.1 Å². The monoisotopic (exact) mass is 254 g/mol. The summed E-state index contributed by atoms with van der Waals surface area (Å²) in [5, 5.41) is 3.85. The summed E-state index contributed by atoms with van der Waals surface area (Å²) in [6.45, 7) is 10.5. The minimum absolute atomic E-state index is 0.698. The van der Waals surface area contributed by atoms with Crippen molar-refractivity contribution >= 4 is 0 Å². The maximum absolute atomic E-state index is 3.85. The molecular weight excluding hydrogens is 220 g/mol. The predicted octanol–water partition coefficient (Wildman–Crippen LogP) is 3.81. The molecule has 0 aromatic heterocycles. The summed E-state index contributed by atoms with van der Waals surface area (Å²) in [5.41, 5.74) is 0. The zero-order chi connectivity index (χ0) is 13.2. The first kappa shape index (κ1) is 16.0. The third-order valence-electron chi connectivity index (χ3n) is 4.38. The second kappa shape index (κ2) is 9.80. The molecule has 108 valence electrons. The van der Waals surface area contributed by atoms with Gasteiger partial charge in [-0.25, -0.2) is 0 Å². The average molecular weight is 254 g/mol. The lowest BCUT2D eigenvalue weighted by atomic mass is 10.1. The molecule has 0 saturated heterocycles. The van der Waals surface area contributed by atoms with E-state index in [0.717, 1.165) is 6.04 Å². The summed E-state index contributed by atoms with van der Waals surface area (Å²) in [6, 6.07) is 1.50. The van der Waals surface area contributed by atoms with Gasteiger partial charge in [0.1, 0.15) is 0 Å². The van der Waals surface area contributed by atoms with Crippen molar-refractivity contribution in [2.24, 2.45) is 0 Å².